The zero-order valence-corrected chi connectivity index (χ0v) is 7.53. The van der Waals surface area contributed by atoms with E-state index in [1.54, 1.807) is 18.3 Å². The van der Waals surface area contributed by atoms with Gasteiger partial charge in [-0.05, 0) is 12.1 Å². The van der Waals surface area contributed by atoms with Crippen LogP contribution in [0.1, 0.15) is 10.5 Å². The summed E-state index contributed by atoms with van der Waals surface area (Å²) in [7, 11) is 0. The van der Waals surface area contributed by atoms with Gasteiger partial charge in [-0.2, -0.15) is 0 Å². The molecule has 0 atom stereocenters. The van der Waals surface area contributed by atoms with Crippen molar-refractivity contribution < 1.29 is 9.90 Å². The highest BCUT2D eigenvalue weighted by Crippen LogP contribution is 2.12. The summed E-state index contributed by atoms with van der Waals surface area (Å²) >= 11 is 0. The van der Waals surface area contributed by atoms with Gasteiger partial charge >= 0.3 is 5.97 Å². The molecular weight excluding hydrogens is 198 g/mol. The maximum absolute atomic E-state index is 10.9. The van der Waals surface area contributed by atoms with Gasteiger partial charge < -0.3 is 10.8 Å². The third-order valence-corrected chi connectivity index (χ3v) is 1.79. The molecular formula is C8H7N5O2. The van der Waals surface area contributed by atoms with Crippen LogP contribution >= 0.6 is 0 Å². The highest BCUT2D eigenvalue weighted by atomic mass is 16.4. The number of pyridine rings is 1. The fraction of sp³-hybridized carbons (Fsp3) is 0. The molecule has 0 bridgehead atoms. The summed E-state index contributed by atoms with van der Waals surface area (Å²) in [5.74, 6) is -1.30. The van der Waals surface area contributed by atoms with Crippen LogP contribution in [0, 0.1) is 0 Å². The first-order chi connectivity index (χ1) is 7.20. The van der Waals surface area contributed by atoms with Crippen molar-refractivity contribution >= 4 is 11.8 Å². The summed E-state index contributed by atoms with van der Waals surface area (Å²) in [6.45, 7) is 0. The van der Waals surface area contributed by atoms with Crippen LogP contribution in [0.4, 0.5) is 5.82 Å². The van der Waals surface area contributed by atoms with Gasteiger partial charge in [0.2, 0.25) is 0 Å². The first-order valence-corrected chi connectivity index (χ1v) is 4.05. The van der Waals surface area contributed by atoms with Crippen LogP contribution in [0.15, 0.2) is 24.5 Å². The van der Waals surface area contributed by atoms with Crippen LogP contribution in [0.25, 0.3) is 5.69 Å². The average molecular weight is 205 g/mol. The molecule has 7 nitrogen and oxygen atoms in total. The number of nitrogens with two attached hydrogens (primary N) is 1. The maximum atomic E-state index is 10.9. The molecule has 7 heteroatoms. The molecule has 3 N–H and O–H groups in total. The molecule has 2 aromatic rings. The van der Waals surface area contributed by atoms with Crippen LogP contribution in [-0.2, 0) is 0 Å². The second-order valence-corrected chi connectivity index (χ2v) is 2.75. The first-order valence-electron chi connectivity index (χ1n) is 4.05. The smallest absolute Gasteiger partial charge is 0.358 e. The lowest BCUT2D eigenvalue weighted by molar-refractivity contribution is 0.0688. The van der Waals surface area contributed by atoms with Crippen LogP contribution in [0.3, 0.4) is 0 Å². The number of carbonyl (C=O) groups is 1. The van der Waals surface area contributed by atoms with E-state index < -0.39 is 5.97 Å². The first kappa shape index (κ1) is 9.13. The third kappa shape index (κ3) is 1.50. The molecule has 0 spiro atoms. The number of carboxylic acids is 1. The predicted octanol–water partition coefficient (Wildman–Crippen LogP) is -0.0573. The van der Waals surface area contributed by atoms with Crippen molar-refractivity contribution in [3.63, 3.8) is 0 Å². The van der Waals surface area contributed by atoms with E-state index >= 15 is 0 Å². The Morgan fingerprint density at radius 1 is 1.53 bits per heavy atom. The summed E-state index contributed by atoms with van der Waals surface area (Å²) in [5, 5.41) is 16.0. The van der Waals surface area contributed by atoms with Gasteiger partial charge in [-0.3, -0.25) is 4.98 Å². The summed E-state index contributed by atoms with van der Waals surface area (Å²) in [6.07, 6.45) is 3.05. The Bertz CT molecular complexity index is 493. The van der Waals surface area contributed by atoms with Crippen molar-refractivity contribution in [3.05, 3.63) is 30.2 Å². The summed E-state index contributed by atoms with van der Waals surface area (Å²) in [4.78, 5) is 14.7. The lowest BCUT2D eigenvalue weighted by Gasteiger charge is -2.01. The molecule has 0 radical (unpaired) electrons. The van der Waals surface area contributed by atoms with Crippen LogP contribution in [-0.4, -0.2) is 31.1 Å². The van der Waals surface area contributed by atoms with Crippen LogP contribution in [0.2, 0.25) is 0 Å². The predicted molar refractivity (Wildman–Crippen MR) is 50.5 cm³/mol. The van der Waals surface area contributed by atoms with E-state index in [9.17, 15) is 4.79 Å². The molecule has 0 aliphatic heterocycles. The Balaban J connectivity index is 2.59. The third-order valence-electron chi connectivity index (χ3n) is 1.79. The molecule has 15 heavy (non-hydrogen) atoms. The van der Waals surface area contributed by atoms with Gasteiger partial charge in [-0.25, -0.2) is 9.48 Å². The number of carboxylic acid groups (broad SMARTS) is 1. The van der Waals surface area contributed by atoms with E-state index in [0.717, 1.165) is 4.68 Å². The minimum atomic E-state index is -1.18. The van der Waals surface area contributed by atoms with Crippen LogP contribution in [0.5, 0.6) is 0 Å². The maximum Gasteiger partial charge on any atom is 0.358 e. The van der Waals surface area contributed by atoms with Gasteiger partial charge in [0.1, 0.15) is 0 Å². The monoisotopic (exact) mass is 205 g/mol. The molecule has 0 aliphatic carbocycles. The zero-order valence-electron chi connectivity index (χ0n) is 7.53. The minimum Gasteiger partial charge on any atom is -0.476 e. The number of aromatic nitrogens is 4. The number of rotatable bonds is 2. The Kier molecular flexibility index (Phi) is 2.05. The van der Waals surface area contributed by atoms with Gasteiger partial charge in [0.15, 0.2) is 11.5 Å². The van der Waals surface area contributed by atoms with Crippen molar-refractivity contribution in [2.45, 2.75) is 0 Å². The number of nitrogens with zero attached hydrogens (tertiary/aromatic N) is 4. The number of hydrogen-bond donors (Lipinski definition) is 2. The Morgan fingerprint density at radius 2 is 2.33 bits per heavy atom. The molecule has 0 aliphatic rings. The largest absolute Gasteiger partial charge is 0.476 e. The molecule has 2 rings (SSSR count). The summed E-state index contributed by atoms with van der Waals surface area (Å²) in [6, 6.07) is 3.33. The molecule has 0 unspecified atom stereocenters. The fourth-order valence-electron chi connectivity index (χ4n) is 1.15. The van der Waals surface area contributed by atoms with Gasteiger partial charge in [0, 0.05) is 6.20 Å². The van der Waals surface area contributed by atoms with Gasteiger partial charge in [-0.15, -0.1) is 5.10 Å². The molecule has 0 fully saturated rings. The van der Waals surface area contributed by atoms with Crippen molar-refractivity contribution in [2.24, 2.45) is 0 Å². The van der Waals surface area contributed by atoms with E-state index in [1.807, 2.05) is 0 Å². The summed E-state index contributed by atoms with van der Waals surface area (Å²) in [5.41, 5.74) is 5.72. The number of anilines is 1. The Morgan fingerprint density at radius 3 is 2.93 bits per heavy atom. The Hall–Kier alpha value is -2.44. The normalized spacial score (nSPS) is 10.1. The van der Waals surface area contributed by atoms with Crippen molar-refractivity contribution in [1.82, 2.24) is 20.0 Å². The second kappa shape index (κ2) is 3.37. The fourth-order valence-corrected chi connectivity index (χ4v) is 1.15. The molecule has 0 saturated heterocycles. The quantitative estimate of drug-likeness (QED) is 0.711. The lowest BCUT2D eigenvalue weighted by Crippen LogP contribution is -2.09. The molecule has 0 amide bonds. The number of hydrogen-bond acceptors (Lipinski definition) is 5. The second-order valence-electron chi connectivity index (χ2n) is 2.75. The highest BCUT2D eigenvalue weighted by Gasteiger charge is 2.18. The van der Waals surface area contributed by atoms with E-state index in [0.29, 0.717) is 5.69 Å². The van der Waals surface area contributed by atoms with Crippen molar-refractivity contribution in [3.8, 4) is 5.69 Å². The SMILES string of the molecule is Nc1nnn(-c2cccnc2)c1C(=O)O. The van der Waals surface area contributed by atoms with E-state index in [1.165, 1.54) is 6.20 Å². The topological polar surface area (TPSA) is 107 Å². The molecule has 2 heterocycles. The van der Waals surface area contributed by atoms with Gasteiger partial charge in [-0.1, -0.05) is 5.21 Å². The van der Waals surface area contributed by atoms with Gasteiger partial charge in [0.25, 0.3) is 0 Å². The number of aromatic carboxylic acids is 1. The van der Waals surface area contributed by atoms with E-state index in [4.69, 9.17) is 10.8 Å². The van der Waals surface area contributed by atoms with Crippen LogP contribution < -0.4 is 5.73 Å². The number of nitrogen functional groups attached to an aromatic ring is 1. The minimum absolute atomic E-state index is 0.119. The summed E-state index contributed by atoms with van der Waals surface area (Å²) < 4.78 is 1.13. The molecule has 76 valence electrons. The van der Waals surface area contributed by atoms with Gasteiger partial charge in [0.05, 0.1) is 11.9 Å². The Labute approximate surface area is 84.2 Å². The lowest BCUT2D eigenvalue weighted by atomic mass is 10.4. The van der Waals surface area contributed by atoms with E-state index in [2.05, 4.69) is 15.3 Å². The molecule has 0 saturated carbocycles. The average Bonchev–Trinajstić information content (AvgIpc) is 2.61. The van der Waals surface area contributed by atoms with Crippen molar-refractivity contribution in [1.29, 1.82) is 0 Å². The molecule has 2 aromatic heterocycles. The van der Waals surface area contributed by atoms with E-state index in [-0.39, 0.29) is 11.5 Å². The van der Waals surface area contributed by atoms with Crippen molar-refractivity contribution in [2.75, 3.05) is 5.73 Å². The standard InChI is InChI=1S/C8H7N5O2/c9-7-6(8(14)15)13(12-11-7)5-2-1-3-10-4-5/h1-4H,9H2,(H,14,15). The molecule has 0 aromatic carbocycles. The zero-order chi connectivity index (χ0) is 10.8. The highest BCUT2D eigenvalue weighted by molar-refractivity contribution is 5.91.